The molecule has 8 N–H and O–H groups in total. The van der Waals surface area contributed by atoms with E-state index in [0.717, 1.165) is 25.7 Å². The summed E-state index contributed by atoms with van der Waals surface area (Å²) in [6.45, 7) is 7.23. The van der Waals surface area contributed by atoms with Crippen LogP contribution in [0.2, 0.25) is 0 Å². The van der Waals surface area contributed by atoms with E-state index in [2.05, 4.69) is 33.5 Å². The molecule has 0 aromatic heterocycles. The Kier molecular flexibility index (Phi) is 15.9. The molecule has 0 aromatic carbocycles. The molecule has 46 heavy (non-hydrogen) atoms. The van der Waals surface area contributed by atoms with Gasteiger partial charge in [-0.3, -0.25) is 33.6 Å². The maximum atomic E-state index is 13.2. The van der Waals surface area contributed by atoms with E-state index in [1.54, 1.807) is 6.92 Å². The zero-order valence-electron chi connectivity index (χ0n) is 27.6. The molecule has 2 aliphatic heterocycles. The number of nitrogens with zero attached hydrogens (tertiary/aromatic N) is 1. The lowest BCUT2D eigenvalue weighted by molar-refractivity contribution is -0.140. The fourth-order valence-electron chi connectivity index (χ4n) is 5.58. The first-order chi connectivity index (χ1) is 21.8. The zero-order chi connectivity index (χ0) is 34.4. The number of β-lactam (4-membered cyclic amide) rings is 1. The first-order valence-electron chi connectivity index (χ1n) is 16.5. The van der Waals surface area contributed by atoms with Gasteiger partial charge in [-0.25, -0.2) is 0 Å². The van der Waals surface area contributed by atoms with Crippen LogP contribution in [0.1, 0.15) is 98.3 Å². The number of carbonyl (C=O) groups is 7. The van der Waals surface area contributed by atoms with Crippen LogP contribution in [0.4, 0.5) is 0 Å². The number of aliphatic hydroxyl groups excluding tert-OH is 1. The lowest BCUT2D eigenvalue weighted by Crippen LogP contribution is -2.61. The lowest BCUT2D eigenvalue weighted by Gasteiger charge is -2.32. The molecule has 0 radical (unpaired) electrons. The number of carbonyl (C=O) groups excluding carboxylic acids is 7. The van der Waals surface area contributed by atoms with Gasteiger partial charge in [0.2, 0.25) is 41.4 Å². The molecule has 2 fully saturated rings. The number of rotatable bonds is 20. The fourth-order valence-corrected chi connectivity index (χ4v) is 5.58. The molecule has 7 amide bonds. The number of nitrogens with two attached hydrogens (primary N) is 1. The Morgan fingerprint density at radius 2 is 1.57 bits per heavy atom. The summed E-state index contributed by atoms with van der Waals surface area (Å²) < 4.78 is 0. The van der Waals surface area contributed by atoms with Gasteiger partial charge in [0.25, 0.3) is 0 Å². The van der Waals surface area contributed by atoms with Crippen molar-refractivity contribution in [1.82, 2.24) is 31.5 Å². The summed E-state index contributed by atoms with van der Waals surface area (Å²) in [6, 6.07) is -5.37. The number of amides is 7. The molecule has 2 saturated heterocycles. The minimum atomic E-state index is -1.43. The summed E-state index contributed by atoms with van der Waals surface area (Å²) in [5, 5.41) is 22.8. The fraction of sp³-hybridized carbons (Fsp3) is 0.774. The summed E-state index contributed by atoms with van der Waals surface area (Å²) in [5.41, 5.74) is 5.27. The molecule has 2 rings (SSSR count). The highest BCUT2D eigenvalue weighted by Gasteiger charge is 2.38. The van der Waals surface area contributed by atoms with Gasteiger partial charge in [-0.1, -0.05) is 45.4 Å². The average molecular weight is 652 g/mol. The van der Waals surface area contributed by atoms with Crippen molar-refractivity contribution in [3.8, 4) is 0 Å². The number of nitrogens with one attached hydrogen (secondary N) is 5. The molecule has 0 bridgehead atoms. The van der Waals surface area contributed by atoms with E-state index in [4.69, 9.17) is 5.73 Å². The van der Waals surface area contributed by atoms with Crippen LogP contribution in [0.3, 0.4) is 0 Å². The molecule has 15 nitrogen and oxygen atoms in total. The summed E-state index contributed by atoms with van der Waals surface area (Å²) in [4.78, 5) is 89.6. The van der Waals surface area contributed by atoms with Gasteiger partial charge in [0.05, 0.1) is 18.4 Å². The van der Waals surface area contributed by atoms with Crippen molar-refractivity contribution >= 4 is 41.4 Å². The molecule has 2 heterocycles. The minimum absolute atomic E-state index is 0.116. The molecule has 15 heteroatoms. The Morgan fingerprint density at radius 1 is 0.913 bits per heavy atom. The van der Waals surface area contributed by atoms with Crippen LogP contribution in [0, 0.1) is 5.92 Å². The number of aliphatic hydroxyl groups is 1. The smallest absolute Gasteiger partial charge is 0.245 e. The number of hydrogen-bond acceptors (Lipinski definition) is 8. The standard InChI is InChI=1S/C31H53N7O8/c1-5-6-7-8-9-10-11-14-25(41)38-15-12-13-23(38)30(45)37-26(20(4)39)31(46)35-19(3)27(42)36-22(16-24(32)40)29(44)34-18(2)21-17-33-28(21)43/h18-23,26,39H,5-17H2,1-4H3,(H2,32,40)(H,33,43)(H,34,44)(H,35,46)(H,36,42)(H,37,45)/t18-,19+,20-,21+,22+,23+,26+/m1/s1. The van der Waals surface area contributed by atoms with Gasteiger partial charge < -0.3 is 42.3 Å². The Hall–Kier alpha value is -3.75. The van der Waals surface area contributed by atoms with Crippen LogP contribution >= 0.6 is 0 Å². The van der Waals surface area contributed by atoms with Gasteiger partial charge in [-0.05, 0) is 40.0 Å². The Bertz CT molecular complexity index is 1100. The molecular weight excluding hydrogens is 598 g/mol. The Morgan fingerprint density at radius 3 is 2.13 bits per heavy atom. The number of hydrogen-bond donors (Lipinski definition) is 7. The van der Waals surface area contributed by atoms with Crippen molar-refractivity contribution in [3.63, 3.8) is 0 Å². The van der Waals surface area contributed by atoms with Crippen molar-refractivity contribution in [2.45, 2.75) is 135 Å². The van der Waals surface area contributed by atoms with Crippen molar-refractivity contribution in [3.05, 3.63) is 0 Å². The molecule has 2 aliphatic rings. The summed E-state index contributed by atoms with van der Waals surface area (Å²) in [6.07, 6.45) is 7.01. The zero-order valence-corrected chi connectivity index (χ0v) is 27.6. The maximum absolute atomic E-state index is 13.2. The summed E-state index contributed by atoms with van der Waals surface area (Å²) >= 11 is 0. The van der Waals surface area contributed by atoms with Crippen LogP contribution in [0.25, 0.3) is 0 Å². The third-order valence-electron chi connectivity index (χ3n) is 8.53. The van der Waals surface area contributed by atoms with E-state index in [9.17, 15) is 38.7 Å². The van der Waals surface area contributed by atoms with Crippen LogP contribution in [0.15, 0.2) is 0 Å². The van der Waals surface area contributed by atoms with Gasteiger partial charge in [0, 0.05) is 25.6 Å². The molecular formula is C31H53N7O8. The van der Waals surface area contributed by atoms with Crippen molar-refractivity contribution in [2.75, 3.05) is 13.1 Å². The van der Waals surface area contributed by atoms with Crippen molar-refractivity contribution in [1.29, 1.82) is 0 Å². The van der Waals surface area contributed by atoms with E-state index >= 15 is 0 Å². The summed E-state index contributed by atoms with van der Waals surface area (Å²) in [7, 11) is 0. The lowest BCUT2D eigenvalue weighted by atomic mass is 9.94. The Labute approximate surface area is 270 Å². The molecule has 260 valence electrons. The third-order valence-corrected chi connectivity index (χ3v) is 8.53. The molecule has 0 unspecified atom stereocenters. The van der Waals surface area contributed by atoms with Crippen molar-refractivity contribution < 1.29 is 38.7 Å². The number of likely N-dealkylation sites (tertiary alicyclic amines) is 1. The van der Waals surface area contributed by atoms with Crippen LogP contribution in [-0.4, -0.2) is 101 Å². The molecule has 0 aromatic rings. The topological polar surface area (TPSA) is 229 Å². The molecule has 0 aliphatic carbocycles. The predicted octanol–water partition coefficient (Wildman–Crippen LogP) is -0.901. The minimum Gasteiger partial charge on any atom is -0.391 e. The monoisotopic (exact) mass is 651 g/mol. The first kappa shape index (κ1) is 38.4. The van der Waals surface area contributed by atoms with Gasteiger partial charge >= 0.3 is 0 Å². The van der Waals surface area contributed by atoms with E-state index in [-0.39, 0.29) is 11.8 Å². The highest BCUT2D eigenvalue weighted by atomic mass is 16.3. The largest absolute Gasteiger partial charge is 0.391 e. The van der Waals surface area contributed by atoms with E-state index in [1.807, 2.05) is 0 Å². The molecule has 7 atom stereocenters. The number of unbranched alkanes of at least 4 members (excludes halogenated alkanes) is 6. The van der Waals surface area contributed by atoms with Crippen LogP contribution in [-0.2, 0) is 33.6 Å². The van der Waals surface area contributed by atoms with E-state index < -0.39 is 78.2 Å². The maximum Gasteiger partial charge on any atom is 0.245 e. The normalized spacial score (nSPS) is 20.6. The quantitative estimate of drug-likeness (QED) is 0.0643. The SMILES string of the molecule is CCCCCCCCCC(=O)N1CCC[C@H]1C(=O)N[C@H](C(=O)N[C@@H](C)C(=O)N[C@@H](CC(N)=O)C(=O)N[C@H](C)[C@@H]1CNC1=O)[C@@H](C)O. The van der Waals surface area contributed by atoms with Gasteiger partial charge in [-0.15, -0.1) is 0 Å². The second-order valence-electron chi connectivity index (χ2n) is 12.5. The van der Waals surface area contributed by atoms with Crippen LogP contribution in [0.5, 0.6) is 0 Å². The Balaban J connectivity index is 1.92. The van der Waals surface area contributed by atoms with Crippen LogP contribution < -0.4 is 32.3 Å². The molecule has 0 saturated carbocycles. The second kappa shape index (κ2) is 19.0. The average Bonchev–Trinajstić information content (AvgIpc) is 3.48. The van der Waals surface area contributed by atoms with Gasteiger partial charge in [-0.2, -0.15) is 0 Å². The van der Waals surface area contributed by atoms with Crippen molar-refractivity contribution in [2.24, 2.45) is 11.7 Å². The van der Waals surface area contributed by atoms with Gasteiger partial charge in [0.15, 0.2) is 0 Å². The number of primary amides is 1. The second-order valence-corrected chi connectivity index (χ2v) is 12.5. The van der Waals surface area contributed by atoms with E-state index in [1.165, 1.54) is 38.0 Å². The molecule has 0 spiro atoms. The van der Waals surface area contributed by atoms with Gasteiger partial charge in [0.1, 0.15) is 24.2 Å². The first-order valence-corrected chi connectivity index (χ1v) is 16.5. The third kappa shape index (κ3) is 11.9. The highest BCUT2D eigenvalue weighted by molar-refractivity contribution is 5.97. The van der Waals surface area contributed by atoms with E-state index in [0.29, 0.717) is 32.4 Å². The summed E-state index contributed by atoms with van der Waals surface area (Å²) in [5.74, 6) is -4.62. The highest BCUT2D eigenvalue weighted by Crippen LogP contribution is 2.20. The predicted molar refractivity (Wildman–Crippen MR) is 168 cm³/mol.